The lowest BCUT2D eigenvalue weighted by atomic mass is 9.94. The van der Waals surface area contributed by atoms with E-state index in [0.29, 0.717) is 35.3 Å². The summed E-state index contributed by atoms with van der Waals surface area (Å²) in [7, 11) is 1.60. The molecule has 0 bridgehead atoms. The van der Waals surface area contributed by atoms with Crippen LogP contribution in [0.1, 0.15) is 29.7 Å². The van der Waals surface area contributed by atoms with Crippen LogP contribution in [0.3, 0.4) is 0 Å². The van der Waals surface area contributed by atoms with E-state index in [1.165, 1.54) is 6.33 Å². The van der Waals surface area contributed by atoms with E-state index >= 15 is 0 Å². The summed E-state index contributed by atoms with van der Waals surface area (Å²) >= 11 is 0. The van der Waals surface area contributed by atoms with E-state index in [1.54, 1.807) is 11.8 Å². The van der Waals surface area contributed by atoms with Crippen LogP contribution in [-0.4, -0.2) is 27.8 Å². The summed E-state index contributed by atoms with van der Waals surface area (Å²) < 4.78 is 13.4. The van der Waals surface area contributed by atoms with Crippen LogP contribution in [0.15, 0.2) is 90.4 Å². The first kappa shape index (κ1) is 23.2. The van der Waals surface area contributed by atoms with Crippen LogP contribution in [0.4, 0.5) is 11.6 Å². The molecule has 4 aromatic rings. The van der Waals surface area contributed by atoms with Gasteiger partial charge in [0, 0.05) is 11.4 Å². The summed E-state index contributed by atoms with van der Waals surface area (Å²) in [5, 5.41) is 10.7. The predicted octanol–water partition coefficient (Wildman–Crippen LogP) is 5.10. The molecule has 1 amide bonds. The minimum Gasteiger partial charge on any atom is -0.493 e. The number of amides is 1. The number of carbonyl (C=O) groups is 1. The Morgan fingerprint density at radius 2 is 1.81 bits per heavy atom. The molecule has 0 spiro atoms. The Balaban J connectivity index is 1.49. The number of nitrogens with one attached hydrogen (secondary N) is 2. The smallest absolute Gasteiger partial charge is 0.255 e. The van der Waals surface area contributed by atoms with Gasteiger partial charge in [-0.25, -0.2) is 4.68 Å². The molecule has 0 saturated carbocycles. The zero-order valence-corrected chi connectivity index (χ0v) is 20.4. The van der Waals surface area contributed by atoms with Crippen molar-refractivity contribution < 1.29 is 14.3 Å². The molecule has 2 N–H and O–H groups in total. The van der Waals surface area contributed by atoms with E-state index in [1.807, 2.05) is 86.6 Å². The number of aromatic nitrogens is 3. The number of carbonyl (C=O) groups excluding carboxylic acids is 1. The lowest BCUT2D eigenvalue weighted by Crippen LogP contribution is -2.31. The minimum absolute atomic E-state index is 0.219. The Kier molecular flexibility index (Phi) is 6.40. The SMILES string of the molecule is COc1cc([C@H]2C(C(=O)Nc3ccccc3C)=C(C)Nc3ncnn32)ccc1OCc1ccccc1. The molecule has 0 unspecified atom stereocenters. The van der Waals surface area contributed by atoms with Crippen LogP contribution in [0.2, 0.25) is 0 Å². The molecular weight excluding hydrogens is 454 g/mol. The average molecular weight is 482 g/mol. The van der Waals surface area contributed by atoms with E-state index in [0.717, 1.165) is 22.4 Å². The van der Waals surface area contributed by atoms with Crippen molar-refractivity contribution in [3.05, 3.63) is 107 Å². The van der Waals surface area contributed by atoms with Crippen LogP contribution in [0.5, 0.6) is 11.5 Å². The van der Waals surface area contributed by atoms with E-state index < -0.39 is 6.04 Å². The first-order valence-electron chi connectivity index (χ1n) is 11.6. The second-order valence-corrected chi connectivity index (χ2v) is 8.55. The van der Waals surface area contributed by atoms with Crippen molar-refractivity contribution >= 4 is 17.5 Å². The fourth-order valence-electron chi connectivity index (χ4n) is 4.30. The number of anilines is 2. The average Bonchev–Trinajstić information content (AvgIpc) is 3.36. The summed E-state index contributed by atoms with van der Waals surface area (Å²) in [4.78, 5) is 17.9. The highest BCUT2D eigenvalue weighted by Gasteiger charge is 2.34. The van der Waals surface area contributed by atoms with Crippen molar-refractivity contribution in [2.24, 2.45) is 0 Å². The summed E-state index contributed by atoms with van der Waals surface area (Å²) in [5.74, 6) is 1.53. The van der Waals surface area contributed by atoms with Crippen molar-refractivity contribution in [2.75, 3.05) is 17.7 Å². The minimum atomic E-state index is -0.509. The van der Waals surface area contributed by atoms with Gasteiger partial charge in [0.25, 0.3) is 5.91 Å². The maximum Gasteiger partial charge on any atom is 0.255 e. The highest BCUT2D eigenvalue weighted by atomic mass is 16.5. The van der Waals surface area contributed by atoms with Crippen molar-refractivity contribution in [3.8, 4) is 11.5 Å². The molecule has 182 valence electrons. The molecule has 3 aromatic carbocycles. The summed E-state index contributed by atoms with van der Waals surface area (Å²) in [5.41, 5.74) is 4.86. The first-order valence-corrected chi connectivity index (χ1v) is 11.6. The standard InChI is InChI=1S/C28H27N5O3/c1-18-9-7-8-12-22(18)32-27(34)25-19(2)31-28-29-17-30-33(28)26(25)21-13-14-23(24(15-21)35-3)36-16-20-10-5-4-6-11-20/h4-15,17,26H,16H2,1-3H3,(H,32,34)(H,29,30,31)/t26-/m0/s1. The van der Waals surface area contributed by atoms with E-state index in [4.69, 9.17) is 9.47 Å². The number of para-hydroxylation sites is 1. The lowest BCUT2D eigenvalue weighted by Gasteiger charge is -2.29. The van der Waals surface area contributed by atoms with Crippen molar-refractivity contribution in [2.45, 2.75) is 26.5 Å². The second-order valence-electron chi connectivity index (χ2n) is 8.55. The maximum atomic E-state index is 13.6. The molecule has 1 aromatic heterocycles. The molecule has 0 fully saturated rings. The molecule has 2 heterocycles. The van der Waals surface area contributed by atoms with Gasteiger partial charge in [-0.2, -0.15) is 10.1 Å². The molecule has 0 aliphatic carbocycles. The normalized spacial score (nSPS) is 14.6. The van der Waals surface area contributed by atoms with Crippen LogP contribution < -0.4 is 20.1 Å². The molecule has 5 rings (SSSR count). The predicted molar refractivity (Wildman–Crippen MR) is 138 cm³/mol. The van der Waals surface area contributed by atoms with Gasteiger partial charge < -0.3 is 20.1 Å². The summed E-state index contributed by atoms with van der Waals surface area (Å²) in [6.45, 7) is 4.24. The van der Waals surface area contributed by atoms with Gasteiger partial charge in [-0.1, -0.05) is 54.6 Å². The van der Waals surface area contributed by atoms with Crippen molar-refractivity contribution in [3.63, 3.8) is 0 Å². The van der Waals surface area contributed by atoms with Gasteiger partial charge in [-0.15, -0.1) is 0 Å². The zero-order chi connectivity index (χ0) is 25.1. The molecule has 0 saturated heterocycles. The van der Waals surface area contributed by atoms with Gasteiger partial charge >= 0.3 is 0 Å². The van der Waals surface area contributed by atoms with E-state index in [9.17, 15) is 4.79 Å². The largest absolute Gasteiger partial charge is 0.493 e. The zero-order valence-electron chi connectivity index (χ0n) is 20.4. The van der Waals surface area contributed by atoms with Crippen molar-refractivity contribution in [1.82, 2.24) is 14.8 Å². The third-order valence-electron chi connectivity index (χ3n) is 6.17. The van der Waals surface area contributed by atoms with Gasteiger partial charge in [-0.05, 0) is 48.7 Å². The van der Waals surface area contributed by atoms with Crippen LogP contribution >= 0.6 is 0 Å². The quantitative estimate of drug-likeness (QED) is 0.382. The second kappa shape index (κ2) is 9.95. The number of methoxy groups -OCH3 is 1. The Labute approximate surface area is 209 Å². The molecular formula is C28H27N5O3. The van der Waals surface area contributed by atoms with Crippen LogP contribution in [0, 0.1) is 6.92 Å². The molecule has 36 heavy (non-hydrogen) atoms. The Bertz CT molecular complexity index is 1430. The van der Waals surface area contributed by atoms with Crippen molar-refractivity contribution in [1.29, 1.82) is 0 Å². The number of aryl methyl sites for hydroxylation is 1. The van der Waals surface area contributed by atoms with Gasteiger partial charge in [0.05, 0.1) is 12.7 Å². The topological polar surface area (TPSA) is 90.3 Å². The maximum absolute atomic E-state index is 13.6. The fraction of sp³-hybridized carbons (Fsp3) is 0.179. The molecule has 8 nitrogen and oxygen atoms in total. The van der Waals surface area contributed by atoms with Crippen LogP contribution in [0.25, 0.3) is 0 Å². The third-order valence-corrected chi connectivity index (χ3v) is 6.17. The highest BCUT2D eigenvalue weighted by molar-refractivity contribution is 6.06. The van der Waals surface area contributed by atoms with E-state index in [-0.39, 0.29) is 5.91 Å². The fourth-order valence-corrected chi connectivity index (χ4v) is 4.30. The number of hydrogen-bond acceptors (Lipinski definition) is 6. The molecule has 1 aliphatic heterocycles. The number of nitrogens with zero attached hydrogens (tertiary/aromatic N) is 3. The van der Waals surface area contributed by atoms with Gasteiger partial charge in [0.2, 0.25) is 5.95 Å². The monoisotopic (exact) mass is 481 g/mol. The number of allylic oxidation sites excluding steroid dienone is 1. The number of benzene rings is 3. The molecule has 1 aliphatic rings. The summed E-state index contributed by atoms with van der Waals surface area (Å²) in [6.07, 6.45) is 1.47. The Morgan fingerprint density at radius 3 is 2.58 bits per heavy atom. The first-order chi connectivity index (χ1) is 17.5. The van der Waals surface area contributed by atoms with E-state index in [2.05, 4.69) is 20.7 Å². The highest BCUT2D eigenvalue weighted by Crippen LogP contribution is 2.39. The number of rotatable bonds is 7. The summed E-state index contributed by atoms with van der Waals surface area (Å²) in [6, 6.07) is 22.8. The number of ether oxygens (including phenoxy) is 2. The third kappa shape index (κ3) is 4.53. The lowest BCUT2D eigenvalue weighted by molar-refractivity contribution is -0.113. The molecule has 8 heteroatoms. The van der Waals surface area contributed by atoms with Crippen LogP contribution in [-0.2, 0) is 11.4 Å². The number of fused-ring (bicyclic) bond motifs is 1. The molecule has 0 radical (unpaired) electrons. The van der Waals surface area contributed by atoms with Gasteiger partial charge in [-0.3, -0.25) is 4.79 Å². The van der Waals surface area contributed by atoms with Gasteiger partial charge in [0.15, 0.2) is 11.5 Å². The molecule has 1 atom stereocenters. The number of hydrogen-bond donors (Lipinski definition) is 2. The Hall–Kier alpha value is -4.59. The Morgan fingerprint density at radius 1 is 1.03 bits per heavy atom. The van der Waals surface area contributed by atoms with Gasteiger partial charge in [0.1, 0.15) is 19.0 Å².